The molecule has 0 fully saturated rings. The maximum Gasteiger partial charge on any atom is 0.340 e. The first kappa shape index (κ1) is 13.1. The van der Waals surface area contributed by atoms with E-state index in [1.54, 1.807) is 0 Å². The van der Waals surface area contributed by atoms with E-state index in [0.717, 1.165) is 19.2 Å². The third-order valence-corrected chi connectivity index (χ3v) is 2.55. The van der Waals surface area contributed by atoms with Gasteiger partial charge in [0.15, 0.2) is 0 Å². The Bertz CT molecular complexity index is 479. The van der Waals surface area contributed by atoms with E-state index in [1.165, 1.54) is 8.93 Å². The molecule has 0 unspecified atom stereocenters. The molecular formula is C10H6FIO3S. The third-order valence-electron chi connectivity index (χ3n) is 1.71. The van der Waals surface area contributed by atoms with Crippen molar-refractivity contribution in [3.8, 4) is 16.9 Å². The van der Waals surface area contributed by atoms with Gasteiger partial charge in [0.2, 0.25) is 0 Å². The highest BCUT2D eigenvalue weighted by Gasteiger charge is 2.15. The summed E-state index contributed by atoms with van der Waals surface area (Å²) in [6.07, 6.45) is 0. The Morgan fingerprint density at radius 2 is 2.31 bits per heavy atom. The van der Waals surface area contributed by atoms with Gasteiger partial charge in [-0.1, -0.05) is 5.92 Å². The van der Waals surface area contributed by atoms with E-state index in [1.807, 2.05) is 21.2 Å². The molecule has 0 atom stereocenters. The predicted octanol–water partition coefficient (Wildman–Crippen LogP) is 2.71. The van der Waals surface area contributed by atoms with Gasteiger partial charge >= 0.3 is 5.97 Å². The highest BCUT2D eigenvalue weighted by molar-refractivity contribution is 14.2. The van der Waals surface area contributed by atoms with Gasteiger partial charge in [0.05, 0.1) is 18.2 Å². The molecule has 3 nitrogen and oxygen atoms in total. The molecule has 0 aromatic heterocycles. The molecule has 0 aliphatic carbocycles. The number of halogens is 2. The third kappa shape index (κ3) is 3.02. The summed E-state index contributed by atoms with van der Waals surface area (Å²) in [6, 6.07) is 2.00. The summed E-state index contributed by atoms with van der Waals surface area (Å²) in [6.45, 7) is 0. The van der Waals surface area contributed by atoms with Crippen LogP contribution in [0.25, 0.3) is 0 Å². The number of aromatic hydroxyl groups is 1. The van der Waals surface area contributed by atoms with E-state index >= 15 is 0 Å². The number of phenolic OH excluding ortho intramolecular Hbond substituents is 1. The number of phenols is 1. The van der Waals surface area contributed by atoms with E-state index in [-0.39, 0.29) is 16.9 Å². The quantitative estimate of drug-likeness (QED) is 0.480. The van der Waals surface area contributed by atoms with Crippen LogP contribution in [0.4, 0.5) is 4.39 Å². The molecule has 0 amide bonds. The van der Waals surface area contributed by atoms with Crippen LogP contribution in [-0.4, -0.2) is 18.2 Å². The van der Waals surface area contributed by atoms with Crippen LogP contribution in [0.1, 0.15) is 15.9 Å². The molecule has 0 aliphatic heterocycles. The second-order valence-corrected chi connectivity index (χ2v) is 4.32. The molecule has 84 valence electrons. The Morgan fingerprint density at radius 3 is 2.88 bits per heavy atom. The zero-order chi connectivity index (χ0) is 12.1. The second kappa shape index (κ2) is 5.96. The molecular weight excluding hydrogens is 346 g/mol. The van der Waals surface area contributed by atoms with Gasteiger partial charge in [0.25, 0.3) is 0 Å². The maximum atomic E-state index is 13.3. The van der Waals surface area contributed by atoms with Gasteiger partial charge in [-0.05, 0) is 20.3 Å². The van der Waals surface area contributed by atoms with E-state index < -0.39 is 11.8 Å². The van der Waals surface area contributed by atoms with Crippen molar-refractivity contribution in [2.45, 2.75) is 0 Å². The standard InChI is InChI=1S/C10H6FIO3S/c1-15-10(14)7-4-6(2-3-16-12)9(13)5-8(7)11/h4-5,13H,1H3. The molecule has 1 aromatic rings. The molecule has 0 saturated carbocycles. The Kier molecular flexibility index (Phi) is 4.89. The molecule has 0 saturated heterocycles. The lowest BCUT2D eigenvalue weighted by molar-refractivity contribution is 0.0595. The summed E-state index contributed by atoms with van der Waals surface area (Å²) in [7, 11) is 2.37. The van der Waals surface area contributed by atoms with Crippen LogP contribution >= 0.6 is 30.1 Å². The first-order chi connectivity index (χ1) is 7.60. The Hall–Kier alpha value is -0.940. The van der Waals surface area contributed by atoms with Crippen molar-refractivity contribution < 1.29 is 19.0 Å². The molecule has 1 N–H and O–H groups in total. The number of esters is 1. The zero-order valence-electron chi connectivity index (χ0n) is 8.08. The van der Waals surface area contributed by atoms with E-state index in [9.17, 15) is 14.3 Å². The van der Waals surface area contributed by atoms with Crippen molar-refractivity contribution >= 4 is 36.1 Å². The largest absolute Gasteiger partial charge is 0.507 e. The van der Waals surface area contributed by atoms with Crippen molar-refractivity contribution in [3.05, 3.63) is 29.1 Å². The van der Waals surface area contributed by atoms with E-state index in [0.29, 0.717) is 0 Å². The van der Waals surface area contributed by atoms with E-state index in [2.05, 4.69) is 15.9 Å². The van der Waals surface area contributed by atoms with Crippen LogP contribution in [-0.2, 0) is 4.74 Å². The summed E-state index contributed by atoms with van der Waals surface area (Å²) in [5, 5.41) is 12.0. The number of rotatable bonds is 1. The number of carbonyl (C=O) groups is 1. The predicted molar refractivity (Wildman–Crippen MR) is 67.9 cm³/mol. The van der Waals surface area contributed by atoms with Gasteiger partial charge in [-0.25, -0.2) is 9.18 Å². The Morgan fingerprint density at radius 1 is 1.62 bits per heavy atom. The summed E-state index contributed by atoms with van der Waals surface area (Å²) in [4.78, 5) is 11.2. The van der Waals surface area contributed by atoms with E-state index in [4.69, 9.17) is 0 Å². The van der Waals surface area contributed by atoms with Gasteiger partial charge < -0.3 is 9.84 Å². The molecule has 0 spiro atoms. The topological polar surface area (TPSA) is 46.5 Å². The van der Waals surface area contributed by atoms with Crippen LogP contribution in [0.15, 0.2) is 12.1 Å². The summed E-state index contributed by atoms with van der Waals surface area (Å²) >= 11 is 1.96. The van der Waals surface area contributed by atoms with Crippen molar-refractivity contribution in [1.29, 1.82) is 0 Å². The van der Waals surface area contributed by atoms with Crippen molar-refractivity contribution in [2.75, 3.05) is 7.11 Å². The molecule has 1 rings (SSSR count). The lowest BCUT2D eigenvalue weighted by atomic mass is 10.1. The summed E-state index contributed by atoms with van der Waals surface area (Å²) in [5.41, 5.74) is -0.0611. The number of methoxy groups -OCH3 is 1. The Balaban J connectivity index is 3.26. The fourth-order valence-corrected chi connectivity index (χ4v) is 1.48. The van der Waals surface area contributed by atoms with Gasteiger partial charge in [-0.15, -0.1) is 0 Å². The maximum absolute atomic E-state index is 13.3. The number of carbonyl (C=O) groups excluding carboxylic acids is 1. The first-order valence-corrected chi connectivity index (χ1v) is 7.35. The van der Waals surface area contributed by atoms with Gasteiger partial charge in [-0.3, -0.25) is 0 Å². The number of hydrogen-bond acceptors (Lipinski definition) is 4. The van der Waals surface area contributed by atoms with Gasteiger partial charge in [-0.2, -0.15) is 0 Å². The lowest BCUT2D eigenvalue weighted by Gasteiger charge is -2.03. The minimum absolute atomic E-state index is 0.186. The van der Waals surface area contributed by atoms with Crippen LogP contribution in [0.5, 0.6) is 5.75 Å². The molecule has 0 radical (unpaired) electrons. The average Bonchev–Trinajstić information content (AvgIpc) is 2.27. The SMILES string of the molecule is COC(=O)c1cc(C#CSI)c(O)cc1F. The molecule has 0 heterocycles. The van der Waals surface area contributed by atoms with Crippen LogP contribution < -0.4 is 0 Å². The minimum atomic E-state index is -0.836. The van der Waals surface area contributed by atoms with Gasteiger partial charge in [0.1, 0.15) is 11.6 Å². The van der Waals surface area contributed by atoms with Crippen LogP contribution in [0.3, 0.4) is 0 Å². The fraction of sp³-hybridized carbons (Fsp3) is 0.100. The first-order valence-electron chi connectivity index (χ1n) is 3.99. The second-order valence-electron chi connectivity index (χ2n) is 2.64. The molecule has 0 bridgehead atoms. The average molecular weight is 352 g/mol. The smallest absolute Gasteiger partial charge is 0.340 e. The lowest BCUT2D eigenvalue weighted by Crippen LogP contribution is -2.04. The normalized spacial score (nSPS) is 9.19. The number of ether oxygens (including phenoxy) is 1. The minimum Gasteiger partial charge on any atom is -0.507 e. The molecule has 1 aromatic carbocycles. The number of benzene rings is 1. The number of hydrogen-bond donors (Lipinski definition) is 1. The van der Waals surface area contributed by atoms with Crippen molar-refractivity contribution in [3.63, 3.8) is 0 Å². The highest BCUT2D eigenvalue weighted by Crippen LogP contribution is 2.22. The van der Waals surface area contributed by atoms with Crippen LogP contribution in [0.2, 0.25) is 0 Å². The zero-order valence-corrected chi connectivity index (χ0v) is 11.1. The molecule has 0 aliphatic rings. The Labute approximate surface area is 108 Å². The molecule has 6 heteroatoms. The summed E-state index contributed by atoms with van der Waals surface area (Å²) < 4.78 is 17.7. The highest BCUT2D eigenvalue weighted by atomic mass is 127. The van der Waals surface area contributed by atoms with Crippen LogP contribution in [0, 0.1) is 17.0 Å². The monoisotopic (exact) mass is 352 g/mol. The molecule has 16 heavy (non-hydrogen) atoms. The fourth-order valence-electron chi connectivity index (χ4n) is 1.00. The summed E-state index contributed by atoms with van der Waals surface area (Å²) in [5.74, 6) is 0.648. The van der Waals surface area contributed by atoms with Crippen molar-refractivity contribution in [2.24, 2.45) is 0 Å². The van der Waals surface area contributed by atoms with Crippen molar-refractivity contribution in [1.82, 2.24) is 0 Å². The van der Waals surface area contributed by atoms with Gasteiger partial charge in [0, 0.05) is 27.3 Å².